The van der Waals surface area contributed by atoms with Crippen LogP contribution in [0.1, 0.15) is 13.8 Å². The van der Waals surface area contributed by atoms with Crippen LogP contribution in [0.4, 0.5) is 0 Å². The average molecular weight is 175 g/mol. The van der Waals surface area contributed by atoms with E-state index in [1.54, 1.807) is 13.8 Å². The fourth-order valence-electron chi connectivity index (χ4n) is 0.828. The molecule has 12 heavy (non-hydrogen) atoms. The van der Waals surface area contributed by atoms with Crippen molar-refractivity contribution < 1.29 is 14.6 Å². The normalized spacial score (nSPS) is 11.3. The summed E-state index contributed by atoms with van der Waals surface area (Å²) in [6, 6.07) is 0. The Morgan fingerprint density at radius 1 is 1.58 bits per heavy atom. The number of esters is 1. The van der Waals surface area contributed by atoms with Crippen LogP contribution in [0, 0.1) is 5.41 Å². The molecule has 0 aromatic carbocycles. The van der Waals surface area contributed by atoms with Gasteiger partial charge in [0, 0.05) is 13.1 Å². The summed E-state index contributed by atoms with van der Waals surface area (Å²) < 4.78 is 4.60. The van der Waals surface area contributed by atoms with Gasteiger partial charge in [0.15, 0.2) is 0 Å². The third-order valence-corrected chi connectivity index (χ3v) is 1.59. The minimum atomic E-state index is -0.524. The number of ether oxygens (including phenoxy) is 1. The topological polar surface area (TPSA) is 58.6 Å². The van der Waals surface area contributed by atoms with Crippen molar-refractivity contribution in [3.8, 4) is 0 Å². The smallest absolute Gasteiger partial charge is 0.312 e. The number of hydrogen-bond donors (Lipinski definition) is 2. The van der Waals surface area contributed by atoms with E-state index in [0.29, 0.717) is 13.1 Å². The average Bonchev–Trinajstić information content (AvgIpc) is 2.03. The molecule has 4 nitrogen and oxygen atoms in total. The van der Waals surface area contributed by atoms with Crippen molar-refractivity contribution in [3.05, 3.63) is 0 Å². The Morgan fingerprint density at radius 2 is 2.17 bits per heavy atom. The van der Waals surface area contributed by atoms with Crippen LogP contribution >= 0.6 is 0 Å². The van der Waals surface area contributed by atoms with Gasteiger partial charge in [-0.3, -0.25) is 4.79 Å². The summed E-state index contributed by atoms with van der Waals surface area (Å²) in [5.74, 6) is -0.243. The van der Waals surface area contributed by atoms with E-state index < -0.39 is 5.41 Å². The molecule has 0 aliphatic heterocycles. The molecular weight excluding hydrogens is 158 g/mol. The summed E-state index contributed by atoms with van der Waals surface area (Å²) in [5, 5.41) is 11.4. The number of aliphatic hydroxyl groups is 1. The molecule has 0 bridgehead atoms. The lowest BCUT2D eigenvalue weighted by Crippen LogP contribution is -2.37. The number of methoxy groups -OCH3 is 1. The van der Waals surface area contributed by atoms with Gasteiger partial charge in [0.25, 0.3) is 0 Å². The molecule has 0 heterocycles. The van der Waals surface area contributed by atoms with Crippen LogP contribution in [-0.2, 0) is 9.53 Å². The molecule has 0 atom stereocenters. The van der Waals surface area contributed by atoms with Gasteiger partial charge in [0.2, 0.25) is 0 Å². The second-order valence-electron chi connectivity index (χ2n) is 3.28. The van der Waals surface area contributed by atoms with Gasteiger partial charge in [0.1, 0.15) is 0 Å². The molecular formula is C8H17NO3. The van der Waals surface area contributed by atoms with E-state index in [1.165, 1.54) is 7.11 Å². The number of nitrogens with one attached hydrogen (secondary N) is 1. The third-order valence-electron chi connectivity index (χ3n) is 1.59. The largest absolute Gasteiger partial charge is 0.469 e. The zero-order chi connectivity index (χ0) is 9.61. The molecule has 0 saturated carbocycles. The molecule has 0 aromatic rings. The number of hydrogen-bond acceptors (Lipinski definition) is 4. The van der Waals surface area contributed by atoms with Crippen molar-refractivity contribution in [1.29, 1.82) is 0 Å². The molecule has 2 N–H and O–H groups in total. The van der Waals surface area contributed by atoms with Crippen molar-refractivity contribution in [2.45, 2.75) is 13.8 Å². The molecule has 0 amide bonds. The lowest BCUT2D eigenvalue weighted by Gasteiger charge is -2.21. The van der Waals surface area contributed by atoms with E-state index in [9.17, 15) is 4.79 Å². The van der Waals surface area contributed by atoms with E-state index in [4.69, 9.17) is 5.11 Å². The van der Waals surface area contributed by atoms with Crippen molar-refractivity contribution in [2.24, 2.45) is 5.41 Å². The Bertz CT molecular complexity index is 145. The highest BCUT2D eigenvalue weighted by Crippen LogP contribution is 2.14. The van der Waals surface area contributed by atoms with Crippen LogP contribution in [0.15, 0.2) is 0 Å². The Morgan fingerprint density at radius 3 is 2.58 bits per heavy atom. The van der Waals surface area contributed by atoms with Gasteiger partial charge in [-0.15, -0.1) is 0 Å². The van der Waals surface area contributed by atoms with Crippen molar-refractivity contribution in [3.63, 3.8) is 0 Å². The van der Waals surface area contributed by atoms with E-state index >= 15 is 0 Å². The fourth-order valence-corrected chi connectivity index (χ4v) is 0.828. The molecule has 0 aromatic heterocycles. The van der Waals surface area contributed by atoms with Crippen LogP contribution in [0.2, 0.25) is 0 Å². The molecule has 0 saturated heterocycles. The predicted molar refractivity (Wildman–Crippen MR) is 45.8 cm³/mol. The maximum absolute atomic E-state index is 11.1. The van der Waals surface area contributed by atoms with Crippen molar-refractivity contribution in [1.82, 2.24) is 5.32 Å². The first-order valence-electron chi connectivity index (χ1n) is 3.94. The molecule has 72 valence electrons. The quantitative estimate of drug-likeness (QED) is 0.447. The van der Waals surface area contributed by atoms with Crippen LogP contribution in [0.5, 0.6) is 0 Å². The van der Waals surface area contributed by atoms with E-state index in [-0.39, 0.29) is 12.6 Å². The SMILES string of the molecule is COC(=O)C(C)(C)CNCCO. The van der Waals surface area contributed by atoms with Gasteiger partial charge in [-0.1, -0.05) is 0 Å². The zero-order valence-corrected chi connectivity index (χ0v) is 7.89. The number of carbonyl (C=O) groups is 1. The summed E-state index contributed by atoms with van der Waals surface area (Å²) in [6.07, 6.45) is 0. The highest BCUT2D eigenvalue weighted by atomic mass is 16.5. The number of carbonyl (C=O) groups excluding carboxylic acids is 1. The maximum atomic E-state index is 11.1. The molecule has 0 unspecified atom stereocenters. The van der Waals surface area contributed by atoms with Gasteiger partial charge in [0.05, 0.1) is 19.1 Å². The summed E-state index contributed by atoms with van der Waals surface area (Å²) in [7, 11) is 1.37. The minimum Gasteiger partial charge on any atom is -0.469 e. The summed E-state index contributed by atoms with van der Waals surface area (Å²) in [4.78, 5) is 11.1. The first-order chi connectivity index (χ1) is 5.54. The second-order valence-corrected chi connectivity index (χ2v) is 3.28. The molecule has 0 fully saturated rings. The van der Waals surface area contributed by atoms with Gasteiger partial charge in [-0.05, 0) is 13.8 Å². The maximum Gasteiger partial charge on any atom is 0.312 e. The van der Waals surface area contributed by atoms with E-state index in [0.717, 1.165) is 0 Å². The van der Waals surface area contributed by atoms with Gasteiger partial charge in [-0.2, -0.15) is 0 Å². The Kier molecular flexibility index (Phi) is 4.85. The van der Waals surface area contributed by atoms with Crippen molar-refractivity contribution in [2.75, 3.05) is 26.8 Å². The molecule has 0 rings (SSSR count). The van der Waals surface area contributed by atoms with Gasteiger partial charge < -0.3 is 15.2 Å². The Hall–Kier alpha value is -0.610. The van der Waals surface area contributed by atoms with Crippen LogP contribution in [-0.4, -0.2) is 37.9 Å². The lowest BCUT2D eigenvalue weighted by atomic mass is 9.94. The summed E-state index contributed by atoms with van der Waals surface area (Å²) >= 11 is 0. The fraction of sp³-hybridized carbons (Fsp3) is 0.875. The number of aliphatic hydroxyl groups excluding tert-OH is 1. The predicted octanol–water partition coefficient (Wildman–Crippen LogP) is -0.233. The van der Waals surface area contributed by atoms with Gasteiger partial charge in [-0.25, -0.2) is 0 Å². The van der Waals surface area contributed by atoms with Crippen LogP contribution in [0.3, 0.4) is 0 Å². The zero-order valence-electron chi connectivity index (χ0n) is 7.89. The Balaban J connectivity index is 3.78. The minimum absolute atomic E-state index is 0.0806. The van der Waals surface area contributed by atoms with Gasteiger partial charge >= 0.3 is 5.97 Å². The van der Waals surface area contributed by atoms with Crippen LogP contribution < -0.4 is 5.32 Å². The highest BCUT2D eigenvalue weighted by molar-refractivity contribution is 5.75. The summed E-state index contributed by atoms with van der Waals surface area (Å²) in [5.41, 5.74) is -0.524. The van der Waals surface area contributed by atoms with Crippen LogP contribution in [0.25, 0.3) is 0 Å². The standard InChI is InChI=1S/C8H17NO3/c1-8(2,7(11)12-3)6-9-4-5-10/h9-10H,4-6H2,1-3H3. The molecule has 0 aliphatic carbocycles. The number of rotatable bonds is 5. The first kappa shape index (κ1) is 11.4. The summed E-state index contributed by atoms with van der Waals surface area (Å²) in [6.45, 7) is 4.68. The van der Waals surface area contributed by atoms with E-state index in [1.807, 2.05) is 0 Å². The third kappa shape index (κ3) is 3.69. The Labute approximate surface area is 72.9 Å². The first-order valence-corrected chi connectivity index (χ1v) is 3.94. The second kappa shape index (κ2) is 5.11. The van der Waals surface area contributed by atoms with Crippen molar-refractivity contribution >= 4 is 5.97 Å². The highest BCUT2D eigenvalue weighted by Gasteiger charge is 2.27. The molecule has 0 aliphatic rings. The monoisotopic (exact) mass is 175 g/mol. The molecule has 0 spiro atoms. The molecule has 4 heteroatoms. The molecule has 0 radical (unpaired) electrons. The lowest BCUT2D eigenvalue weighted by molar-refractivity contribution is -0.150. The van der Waals surface area contributed by atoms with E-state index in [2.05, 4.69) is 10.1 Å².